The maximum Gasteiger partial charge on any atom is 0.225 e. The number of halogens is 2. The second kappa shape index (κ2) is 7.64. The fourth-order valence-electron chi connectivity index (χ4n) is 2.31. The normalized spacial score (nSPS) is 16.5. The highest BCUT2D eigenvalue weighted by molar-refractivity contribution is 7.89. The van der Waals surface area contributed by atoms with Crippen LogP contribution >= 0.6 is 23.2 Å². The summed E-state index contributed by atoms with van der Waals surface area (Å²) in [7, 11) is -3.38. The van der Waals surface area contributed by atoms with Crippen LogP contribution in [0, 0.1) is 0 Å². The van der Waals surface area contributed by atoms with Gasteiger partial charge in [-0.05, 0) is 25.0 Å². The molecule has 8 heteroatoms. The van der Waals surface area contributed by atoms with Gasteiger partial charge in [-0.25, -0.2) is 12.7 Å². The van der Waals surface area contributed by atoms with Gasteiger partial charge in [0.1, 0.15) is 0 Å². The highest BCUT2D eigenvalue weighted by Crippen LogP contribution is 2.29. The Kier molecular flexibility index (Phi) is 6.09. The Hall–Kier alpha value is -0.820. The Morgan fingerprint density at radius 3 is 2.32 bits per heavy atom. The summed E-state index contributed by atoms with van der Waals surface area (Å²) in [6.07, 6.45) is 2.68. The van der Waals surface area contributed by atoms with Crippen molar-refractivity contribution in [1.82, 2.24) is 4.31 Å². The average Bonchev–Trinajstić information content (AvgIpc) is 2.50. The molecule has 0 aliphatic carbocycles. The molecule has 1 N–H and O–H groups in total. The Morgan fingerprint density at radius 1 is 1.14 bits per heavy atom. The van der Waals surface area contributed by atoms with Gasteiger partial charge in [0.2, 0.25) is 15.9 Å². The van der Waals surface area contributed by atoms with E-state index in [1.807, 2.05) is 0 Å². The van der Waals surface area contributed by atoms with Gasteiger partial charge in [-0.3, -0.25) is 4.79 Å². The van der Waals surface area contributed by atoms with Gasteiger partial charge in [0.25, 0.3) is 0 Å². The molecule has 0 bridgehead atoms. The predicted octanol–water partition coefficient (Wildman–Crippen LogP) is 3.14. The minimum atomic E-state index is -3.38. The fourth-order valence-corrected chi connectivity index (χ4v) is 4.32. The molecule has 122 valence electrons. The summed E-state index contributed by atoms with van der Waals surface area (Å²) in [5.41, 5.74) is 0.311. The Bertz CT molecular complexity index is 623. The number of rotatable bonds is 5. The SMILES string of the molecule is O=C(CCS(=O)(=O)N1CCCCC1)Nc1c(Cl)cccc1Cl. The van der Waals surface area contributed by atoms with Crippen LogP contribution in [0.25, 0.3) is 0 Å². The summed E-state index contributed by atoms with van der Waals surface area (Å²) in [6, 6.07) is 4.88. The monoisotopic (exact) mass is 364 g/mol. The number of piperidine rings is 1. The molecule has 22 heavy (non-hydrogen) atoms. The van der Waals surface area contributed by atoms with Crippen molar-refractivity contribution < 1.29 is 13.2 Å². The van der Waals surface area contributed by atoms with Crippen molar-refractivity contribution in [3.8, 4) is 0 Å². The first-order valence-electron chi connectivity index (χ1n) is 7.12. The summed E-state index contributed by atoms with van der Waals surface area (Å²) in [5.74, 6) is -0.628. The second-order valence-corrected chi connectivity index (χ2v) is 8.07. The van der Waals surface area contributed by atoms with Gasteiger partial charge in [0.15, 0.2) is 0 Å². The molecule has 1 aromatic carbocycles. The first kappa shape index (κ1) is 17.5. The topological polar surface area (TPSA) is 66.5 Å². The van der Waals surface area contributed by atoms with E-state index >= 15 is 0 Å². The van der Waals surface area contributed by atoms with Gasteiger partial charge in [-0.1, -0.05) is 35.7 Å². The molecule has 1 aliphatic heterocycles. The van der Waals surface area contributed by atoms with Crippen molar-refractivity contribution in [2.75, 3.05) is 24.2 Å². The van der Waals surface area contributed by atoms with E-state index in [2.05, 4.69) is 5.32 Å². The lowest BCUT2D eigenvalue weighted by atomic mass is 10.2. The number of hydrogen-bond donors (Lipinski definition) is 1. The summed E-state index contributed by atoms with van der Waals surface area (Å²) >= 11 is 11.9. The zero-order valence-electron chi connectivity index (χ0n) is 12.0. The van der Waals surface area contributed by atoms with Gasteiger partial charge in [-0.15, -0.1) is 0 Å². The first-order valence-corrected chi connectivity index (χ1v) is 9.48. The van der Waals surface area contributed by atoms with Crippen LogP contribution < -0.4 is 5.32 Å². The maximum atomic E-state index is 12.2. The molecule has 1 fully saturated rings. The van der Waals surface area contributed by atoms with E-state index in [9.17, 15) is 13.2 Å². The second-order valence-electron chi connectivity index (χ2n) is 5.17. The summed E-state index contributed by atoms with van der Waals surface area (Å²) in [4.78, 5) is 11.9. The molecule has 1 amide bonds. The maximum absolute atomic E-state index is 12.2. The van der Waals surface area contributed by atoms with Gasteiger partial charge in [0.05, 0.1) is 21.5 Å². The van der Waals surface area contributed by atoms with Crippen LogP contribution in [0.3, 0.4) is 0 Å². The van der Waals surface area contributed by atoms with Crippen molar-refractivity contribution in [2.45, 2.75) is 25.7 Å². The molecular formula is C14H18Cl2N2O3S. The molecule has 5 nitrogen and oxygen atoms in total. The quantitative estimate of drug-likeness (QED) is 0.872. The number of para-hydroxylation sites is 1. The van der Waals surface area contributed by atoms with Gasteiger partial charge >= 0.3 is 0 Å². The minimum Gasteiger partial charge on any atom is -0.324 e. The third-order valence-corrected chi connectivity index (χ3v) is 6.02. The lowest BCUT2D eigenvalue weighted by molar-refractivity contribution is -0.115. The molecule has 0 atom stereocenters. The largest absolute Gasteiger partial charge is 0.324 e. The van der Waals surface area contributed by atoms with Crippen LogP contribution in [0.1, 0.15) is 25.7 Å². The number of amides is 1. The smallest absolute Gasteiger partial charge is 0.225 e. The van der Waals surface area contributed by atoms with E-state index in [1.165, 1.54) is 4.31 Å². The number of carbonyl (C=O) groups excluding carboxylic acids is 1. The van der Waals surface area contributed by atoms with Crippen LogP contribution in [0.2, 0.25) is 10.0 Å². The summed E-state index contributed by atoms with van der Waals surface area (Å²) in [6.45, 7) is 1.08. The van der Waals surface area contributed by atoms with Gasteiger partial charge in [-0.2, -0.15) is 0 Å². The number of sulfonamides is 1. The van der Waals surface area contributed by atoms with E-state index in [4.69, 9.17) is 23.2 Å². The van der Waals surface area contributed by atoms with Crippen LogP contribution in [0.5, 0.6) is 0 Å². The number of carbonyl (C=O) groups is 1. The number of nitrogens with one attached hydrogen (secondary N) is 1. The minimum absolute atomic E-state index is 0.125. The molecule has 1 aliphatic rings. The summed E-state index contributed by atoms with van der Waals surface area (Å²) in [5, 5.41) is 3.21. The van der Waals surface area contributed by atoms with Crippen molar-refractivity contribution in [1.29, 1.82) is 0 Å². The molecule has 0 saturated carbocycles. The molecular weight excluding hydrogens is 347 g/mol. The predicted molar refractivity (Wildman–Crippen MR) is 88.9 cm³/mol. The first-order chi connectivity index (χ1) is 10.4. The van der Waals surface area contributed by atoms with Crippen molar-refractivity contribution in [3.05, 3.63) is 28.2 Å². The Labute approximate surface area is 140 Å². The molecule has 1 saturated heterocycles. The van der Waals surface area contributed by atoms with Crippen LogP contribution in [-0.4, -0.2) is 37.5 Å². The van der Waals surface area contributed by atoms with Crippen LogP contribution in [0.15, 0.2) is 18.2 Å². The standard InChI is InChI=1S/C14H18Cl2N2O3S/c15-11-5-4-6-12(16)14(11)17-13(19)7-10-22(20,21)18-8-2-1-3-9-18/h4-6H,1-3,7-10H2,(H,17,19). The van der Waals surface area contributed by atoms with Crippen molar-refractivity contribution >= 4 is 44.8 Å². The van der Waals surface area contributed by atoms with E-state index in [1.54, 1.807) is 18.2 Å². The number of benzene rings is 1. The summed E-state index contributed by atoms with van der Waals surface area (Å²) < 4.78 is 25.8. The highest BCUT2D eigenvalue weighted by atomic mass is 35.5. The fraction of sp³-hybridized carbons (Fsp3) is 0.500. The van der Waals surface area contributed by atoms with E-state index in [0.29, 0.717) is 28.8 Å². The third-order valence-electron chi connectivity index (χ3n) is 3.52. The Morgan fingerprint density at radius 2 is 1.73 bits per heavy atom. The zero-order valence-corrected chi connectivity index (χ0v) is 14.3. The van der Waals surface area contributed by atoms with E-state index in [0.717, 1.165) is 19.3 Å². The molecule has 0 radical (unpaired) electrons. The van der Waals surface area contributed by atoms with Crippen LogP contribution in [0.4, 0.5) is 5.69 Å². The van der Waals surface area contributed by atoms with Crippen molar-refractivity contribution in [2.24, 2.45) is 0 Å². The number of nitrogens with zero attached hydrogens (tertiary/aromatic N) is 1. The van der Waals surface area contributed by atoms with Gasteiger partial charge < -0.3 is 5.32 Å². The van der Waals surface area contributed by atoms with Crippen LogP contribution in [-0.2, 0) is 14.8 Å². The lowest BCUT2D eigenvalue weighted by Gasteiger charge is -2.25. The molecule has 2 rings (SSSR count). The van der Waals surface area contributed by atoms with Crippen molar-refractivity contribution in [3.63, 3.8) is 0 Å². The number of anilines is 1. The molecule has 0 unspecified atom stereocenters. The van der Waals surface area contributed by atoms with E-state index < -0.39 is 15.9 Å². The molecule has 0 spiro atoms. The zero-order chi connectivity index (χ0) is 16.2. The molecule has 0 aromatic heterocycles. The average molecular weight is 365 g/mol. The van der Waals surface area contributed by atoms with E-state index in [-0.39, 0.29) is 12.2 Å². The molecule has 1 aromatic rings. The molecule has 1 heterocycles. The highest BCUT2D eigenvalue weighted by Gasteiger charge is 2.24. The lowest BCUT2D eigenvalue weighted by Crippen LogP contribution is -2.37. The third kappa shape index (κ3) is 4.59. The Balaban J connectivity index is 1.92. The van der Waals surface area contributed by atoms with Gasteiger partial charge in [0, 0.05) is 19.5 Å². The number of hydrogen-bond acceptors (Lipinski definition) is 3.